The normalized spacial score (nSPS) is 10.9. The quantitative estimate of drug-likeness (QED) is 0.608. The summed E-state index contributed by atoms with van der Waals surface area (Å²) in [5, 5.41) is 0. The van der Waals surface area contributed by atoms with Crippen LogP contribution in [-0.4, -0.2) is 24.1 Å². The summed E-state index contributed by atoms with van der Waals surface area (Å²) < 4.78 is 13.1. The lowest BCUT2D eigenvalue weighted by Crippen LogP contribution is -2.24. The Bertz CT molecular complexity index is 667. The molecule has 2 aromatic carbocycles. The predicted molar refractivity (Wildman–Crippen MR) is 90.1 cm³/mol. The van der Waals surface area contributed by atoms with Gasteiger partial charge in [-0.1, -0.05) is 24.3 Å². The minimum Gasteiger partial charge on any atom is -0.338 e. The van der Waals surface area contributed by atoms with Crippen molar-refractivity contribution < 1.29 is 9.18 Å². The maximum absolute atomic E-state index is 13.1. The van der Waals surface area contributed by atoms with Crippen molar-refractivity contribution in [1.29, 1.82) is 0 Å². The molecule has 0 aromatic heterocycles. The van der Waals surface area contributed by atoms with Crippen molar-refractivity contribution in [3.63, 3.8) is 0 Å². The minimum absolute atomic E-state index is 0.113. The van der Waals surface area contributed by atoms with Crippen molar-refractivity contribution in [2.45, 2.75) is 11.4 Å². The molecule has 0 spiro atoms. The molecule has 4 heteroatoms. The fourth-order valence-corrected chi connectivity index (χ4v) is 2.41. The van der Waals surface area contributed by atoms with Crippen LogP contribution in [0.4, 0.5) is 4.39 Å². The van der Waals surface area contributed by atoms with Crippen LogP contribution >= 0.6 is 11.8 Å². The van der Waals surface area contributed by atoms with Gasteiger partial charge in [0.25, 0.3) is 0 Å². The van der Waals surface area contributed by atoms with Gasteiger partial charge >= 0.3 is 0 Å². The molecule has 22 heavy (non-hydrogen) atoms. The average Bonchev–Trinajstić information content (AvgIpc) is 2.53. The molecular formula is C18H18FNOS. The van der Waals surface area contributed by atoms with Gasteiger partial charge in [-0.25, -0.2) is 4.39 Å². The summed E-state index contributed by atoms with van der Waals surface area (Å²) in [5.74, 6) is -0.402. The lowest BCUT2D eigenvalue weighted by molar-refractivity contribution is -0.125. The molecule has 114 valence electrons. The molecule has 0 aliphatic rings. The Labute approximate surface area is 134 Å². The van der Waals surface area contributed by atoms with Gasteiger partial charge in [-0.3, -0.25) is 4.79 Å². The van der Waals surface area contributed by atoms with Crippen LogP contribution < -0.4 is 0 Å². The maximum Gasteiger partial charge on any atom is 0.246 e. The number of thioether (sulfide) groups is 1. The molecule has 2 aromatic rings. The molecule has 2 rings (SSSR count). The highest BCUT2D eigenvalue weighted by Gasteiger charge is 2.06. The standard InChI is InChI=1S/C18H18FNOS/c1-20(13-15-4-3-5-16(19)12-15)18(21)11-8-14-6-9-17(22-2)10-7-14/h3-12H,13H2,1-2H3/b11-8+. The van der Waals surface area contributed by atoms with E-state index in [1.165, 1.54) is 23.1 Å². The van der Waals surface area contributed by atoms with Gasteiger partial charge in [0.05, 0.1) is 0 Å². The second-order valence-electron chi connectivity index (χ2n) is 4.93. The molecule has 0 aliphatic heterocycles. The number of carbonyl (C=O) groups excluding carboxylic acids is 1. The van der Waals surface area contributed by atoms with Crippen molar-refractivity contribution in [1.82, 2.24) is 4.90 Å². The number of halogens is 1. The van der Waals surface area contributed by atoms with E-state index in [0.29, 0.717) is 6.54 Å². The molecule has 0 atom stereocenters. The van der Waals surface area contributed by atoms with Crippen LogP contribution in [-0.2, 0) is 11.3 Å². The molecule has 0 aliphatic carbocycles. The second kappa shape index (κ2) is 7.80. The summed E-state index contributed by atoms with van der Waals surface area (Å²) in [6.07, 6.45) is 5.34. The zero-order valence-electron chi connectivity index (χ0n) is 12.6. The third kappa shape index (κ3) is 4.74. The van der Waals surface area contributed by atoms with Crippen molar-refractivity contribution in [2.24, 2.45) is 0 Å². The number of hydrogen-bond acceptors (Lipinski definition) is 2. The SMILES string of the molecule is CSc1ccc(/C=C/C(=O)N(C)Cc2cccc(F)c2)cc1. The zero-order chi connectivity index (χ0) is 15.9. The number of carbonyl (C=O) groups is 1. The van der Waals surface area contributed by atoms with E-state index in [2.05, 4.69) is 0 Å². The number of nitrogens with zero attached hydrogens (tertiary/aromatic N) is 1. The van der Waals surface area contributed by atoms with Crippen LogP contribution in [0.15, 0.2) is 59.5 Å². The first-order valence-corrected chi connectivity index (χ1v) is 8.12. The van der Waals surface area contributed by atoms with Crippen LogP contribution in [0.25, 0.3) is 6.08 Å². The van der Waals surface area contributed by atoms with Crippen LogP contribution in [0, 0.1) is 5.82 Å². The number of likely N-dealkylation sites (N-methyl/N-ethyl adjacent to an activating group) is 1. The van der Waals surface area contributed by atoms with Gasteiger partial charge in [-0.2, -0.15) is 0 Å². The van der Waals surface area contributed by atoms with Gasteiger partial charge in [0, 0.05) is 24.6 Å². The summed E-state index contributed by atoms with van der Waals surface area (Å²) in [5.41, 5.74) is 1.75. The maximum atomic E-state index is 13.1. The Kier molecular flexibility index (Phi) is 5.78. The van der Waals surface area contributed by atoms with E-state index >= 15 is 0 Å². The van der Waals surface area contributed by atoms with E-state index in [0.717, 1.165) is 11.1 Å². The zero-order valence-corrected chi connectivity index (χ0v) is 13.4. The third-order valence-electron chi connectivity index (χ3n) is 3.22. The van der Waals surface area contributed by atoms with Crippen LogP contribution in [0.1, 0.15) is 11.1 Å². The Morgan fingerprint density at radius 1 is 1.23 bits per heavy atom. The molecule has 0 fully saturated rings. The molecule has 0 radical (unpaired) electrons. The summed E-state index contributed by atoms with van der Waals surface area (Å²) in [7, 11) is 1.70. The number of amides is 1. The lowest BCUT2D eigenvalue weighted by Gasteiger charge is -2.15. The fourth-order valence-electron chi connectivity index (χ4n) is 2.00. The Balaban J connectivity index is 1.96. The summed E-state index contributed by atoms with van der Waals surface area (Å²) >= 11 is 1.68. The van der Waals surface area contributed by atoms with Crippen molar-refractivity contribution in [2.75, 3.05) is 13.3 Å². The molecule has 2 nitrogen and oxygen atoms in total. The molecule has 0 heterocycles. The fraction of sp³-hybridized carbons (Fsp3) is 0.167. The van der Waals surface area contributed by atoms with Crippen molar-refractivity contribution in [3.05, 3.63) is 71.6 Å². The Morgan fingerprint density at radius 2 is 1.95 bits per heavy atom. The highest BCUT2D eigenvalue weighted by Crippen LogP contribution is 2.15. The highest BCUT2D eigenvalue weighted by atomic mass is 32.2. The molecule has 0 saturated heterocycles. The van der Waals surface area contributed by atoms with Gasteiger partial charge in [0.15, 0.2) is 0 Å². The first-order valence-electron chi connectivity index (χ1n) is 6.90. The lowest BCUT2D eigenvalue weighted by atomic mass is 10.2. The molecular weight excluding hydrogens is 297 g/mol. The third-order valence-corrected chi connectivity index (χ3v) is 3.96. The predicted octanol–water partition coefficient (Wildman–Crippen LogP) is 4.22. The molecule has 0 unspecified atom stereocenters. The highest BCUT2D eigenvalue weighted by molar-refractivity contribution is 7.98. The van der Waals surface area contributed by atoms with E-state index in [9.17, 15) is 9.18 Å². The first kappa shape index (κ1) is 16.3. The van der Waals surface area contributed by atoms with E-state index < -0.39 is 0 Å². The van der Waals surface area contributed by atoms with Gasteiger partial charge in [-0.05, 0) is 47.7 Å². The Morgan fingerprint density at radius 3 is 2.59 bits per heavy atom. The van der Waals surface area contributed by atoms with Gasteiger partial charge in [0.2, 0.25) is 5.91 Å². The van der Waals surface area contributed by atoms with Gasteiger partial charge in [-0.15, -0.1) is 11.8 Å². The molecule has 0 bridgehead atoms. The smallest absolute Gasteiger partial charge is 0.246 e. The van der Waals surface area contributed by atoms with E-state index in [1.807, 2.05) is 30.5 Å². The van der Waals surface area contributed by atoms with Gasteiger partial charge < -0.3 is 4.90 Å². The van der Waals surface area contributed by atoms with Gasteiger partial charge in [0.1, 0.15) is 5.82 Å². The second-order valence-corrected chi connectivity index (χ2v) is 5.81. The van der Waals surface area contributed by atoms with Crippen molar-refractivity contribution >= 4 is 23.7 Å². The summed E-state index contributed by atoms with van der Waals surface area (Å²) in [6.45, 7) is 0.381. The van der Waals surface area contributed by atoms with E-state index in [1.54, 1.807) is 41.9 Å². The summed E-state index contributed by atoms with van der Waals surface area (Å²) in [4.78, 5) is 14.8. The first-order chi connectivity index (χ1) is 10.6. The van der Waals surface area contributed by atoms with E-state index in [-0.39, 0.29) is 11.7 Å². The summed E-state index contributed by atoms with van der Waals surface area (Å²) in [6, 6.07) is 14.3. The number of hydrogen-bond donors (Lipinski definition) is 0. The monoisotopic (exact) mass is 315 g/mol. The minimum atomic E-state index is -0.289. The topological polar surface area (TPSA) is 20.3 Å². The van der Waals surface area contributed by atoms with Crippen LogP contribution in [0.5, 0.6) is 0 Å². The number of rotatable bonds is 5. The van der Waals surface area contributed by atoms with E-state index in [4.69, 9.17) is 0 Å². The Hall–Kier alpha value is -2.07. The van der Waals surface area contributed by atoms with Crippen LogP contribution in [0.2, 0.25) is 0 Å². The average molecular weight is 315 g/mol. The van der Waals surface area contributed by atoms with Crippen LogP contribution in [0.3, 0.4) is 0 Å². The molecule has 0 N–H and O–H groups in total. The molecule has 0 saturated carbocycles. The molecule has 1 amide bonds. The largest absolute Gasteiger partial charge is 0.338 e. The number of benzene rings is 2. The van der Waals surface area contributed by atoms with Crippen molar-refractivity contribution in [3.8, 4) is 0 Å².